The van der Waals surface area contributed by atoms with Crippen molar-refractivity contribution in [2.24, 2.45) is 0 Å². The molecule has 0 radical (unpaired) electrons. The maximum absolute atomic E-state index is 13.4. The van der Waals surface area contributed by atoms with Crippen molar-refractivity contribution in [1.82, 2.24) is 5.32 Å². The van der Waals surface area contributed by atoms with E-state index < -0.39 is 5.82 Å². The van der Waals surface area contributed by atoms with Crippen LogP contribution in [0.5, 0.6) is 5.75 Å². The van der Waals surface area contributed by atoms with Gasteiger partial charge in [0.1, 0.15) is 6.61 Å². The molecule has 0 aliphatic carbocycles. The summed E-state index contributed by atoms with van der Waals surface area (Å²) >= 11 is 5.84. The Kier molecular flexibility index (Phi) is 7.79. The fourth-order valence-electron chi connectivity index (χ4n) is 1.49. The first-order valence-corrected chi connectivity index (χ1v) is 6.88. The van der Waals surface area contributed by atoms with E-state index in [0.717, 1.165) is 19.6 Å². The van der Waals surface area contributed by atoms with Gasteiger partial charge in [-0.3, -0.25) is 0 Å². The summed E-state index contributed by atoms with van der Waals surface area (Å²) in [6.45, 7) is 6.64. The first-order valence-electron chi connectivity index (χ1n) is 6.50. The van der Waals surface area contributed by atoms with E-state index in [9.17, 15) is 4.39 Å². The lowest BCUT2D eigenvalue weighted by atomic mass is 10.3. The maximum atomic E-state index is 13.4. The highest BCUT2D eigenvalue weighted by molar-refractivity contribution is 6.32. The van der Waals surface area contributed by atoms with Crippen molar-refractivity contribution < 1.29 is 13.9 Å². The molecule has 19 heavy (non-hydrogen) atoms. The second-order valence-electron chi connectivity index (χ2n) is 4.42. The number of halogens is 2. The second-order valence-corrected chi connectivity index (χ2v) is 4.83. The third-order valence-electron chi connectivity index (χ3n) is 2.39. The Bertz CT molecular complexity index is 354. The van der Waals surface area contributed by atoms with Crippen LogP contribution in [-0.2, 0) is 4.74 Å². The van der Waals surface area contributed by atoms with Crippen molar-refractivity contribution in [2.45, 2.75) is 26.4 Å². The molecule has 0 aromatic heterocycles. The number of nitrogens with one attached hydrogen (secondary N) is 1. The van der Waals surface area contributed by atoms with E-state index in [2.05, 4.69) is 5.32 Å². The summed E-state index contributed by atoms with van der Waals surface area (Å²) in [6.07, 6.45) is 1.21. The Morgan fingerprint density at radius 2 is 2.05 bits per heavy atom. The van der Waals surface area contributed by atoms with Crippen molar-refractivity contribution in [1.29, 1.82) is 0 Å². The van der Waals surface area contributed by atoms with Crippen LogP contribution in [0.3, 0.4) is 0 Å². The Morgan fingerprint density at radius 3 is 2.74 bits per heavy atom. The monoisotopic (exact) mass is 289 g/mol. The summed E-state index contributed by atoms with van der Waals surface area (Å²) < 4.78 is 24.1. The lowest BCUT2D eigenvalue weighted by Crippen LogP contribution is -2.23. The minimum absolute atomic E-state index is 0.120. The molecule has 0 atom stereocenters. The maximum Gasteiger partial charge on any atom is 0.173 e. The molecule has 0 aliphatic rings. The minimum atomic E-state index is -0.433. The number of hydrogen-bond donors (Lipinski definition) is 1. The average molecular weight is 290 g/mol. The summed E-state index contributed by atoms with van der Waals surface area (Å²) in [7, 11) is 0. The minimum Gasteiger partial charge on any atom is -0.488 e. The highest BCUT2D eigenvalue weighted by atomic mass is 35.5. The van der Waals surface area contributed by atoms with Crippen molar-refractivity contribution in [3.8, 4) is 5.75 Å². The Morgan fingerprint density at radius 1 is 1.26 bits per heavy atom. The van der Waals surface area contributed by atoms with Gasteiger partial charge >= 0.3 is 0 Å². The number of rotatable bonds is 9. The Labute approximate surface area is 119 Å². The van der Waals surface area contributed by atoms with Crippen LogP contribution in [-0.4, -0.2) is 32.4 Å². The van der Waals surface area contributed by atoms with Gasteiger partial charge in [-0.15, -0.1) is 0 Å². The highest BCUT2D eigenvalue weighted by Crippen LogP contribution is 2.26. The molecule has 0 saturated heterocycles. The van der Waals surface area contributed by atoms with Gasteiger partial charge in [0.25, 0.3) is 0 Å². The molecule has 108 valence electrons. The van der Waals surface area contributed by atoms with E-state index in [0.29, 0.717) is 18.2 Å². The number of hydrogen-bond acceptors (Lipinski definition) is 3. The molecule has 1 aromatic carbocycles. The quantitative estimate of drug-likeness (QED) is 0.708. The Hall–Kier alpha value is -0.840. The van der Waals surface area contributed by atoms with Crippen LogP contribution in [0.15, 0.2) is 18.2 Å². The van der Waals surface area contributed by atoms with Gasteiger partial charge in [0.05, 0.1) is 11.1 Å². The fraction of sp³-hybridized carbons (Fsp3) is 0.571. The lowest BCUT2D eigenvalue weighted by Gasteiger charge is -2.10. The largest absolute Gasteiger partial charge is 0.488 e. The van der Waals surface area contributed by atoms with Crippen molar-refractivity contribution in [3.63, 3.8) is 0 Å². The van der Waals surface area contributed by atoms with E-state index in [1.807, 2.05) is 13.8 Å². The van der Waals surface area contributed by atoms with E-state index in [1.54, 1.807) is 12.1 Å². The molecule has 0 bridgehead atoms. The van der Waals surface area contributed by atoms with Crippen molar-refractivity contribution in [2.75, 3.05) is 26.3 Å². The summed E-state index contributed by atoms with van der Waals surface area (Å²) in [4.78, 5) is 0. The van der Waals surface area contributed by atoms with Gasteiger partial charge in [-0.25, -0.2) is 4.39 Å². The van der Waals surface area contributed by atoms with Crippen LogP contribution in [0.2, 0.25) is 5.02 Å². The first-order chi connectivity index (χ1) is 9.11. The number of para-hydroxylation sites is 1. The molecule has 0 fully saturated rings. The molecule has 0 aliphatic heterocycles. The standard InChI is InChI=1S/C14H21ClFNO2/c1-11(2)18-9-4-7-17-8-10-19-14-12(15)5-3-6-13(14)16/h3,5-6,11,17H,4,7-10H2,1-2H3. The molecule has 0 saturated carbocycles. The third-order valence-corrected chi connectivity index (χ3v) is 2.69. The van der Waals surface area contributed by atoms with Crippen molar-refractivity contribution in [3.05, 3.63) is 29.0 Å². The zero-order valence-corrected chi connectivity index (χ0v) is 12.2. The van der Waals surface area contributed by atoms with Crippen LogP contribution in [0.25, 0.3) is 0 Å². The number of benzene rings is 1. The molecule has 1 aromatic rings. The molecular weight excluding hydrogens is 269 g/mol. The summed E-state index contributed by atoms with van der Waals surface area (Å²) in [5, 5.41) is 3.49. The van der Waals surface area contributed by atoms with Crippen molar-refractivity contribution >= 4 is 11.6 Å². The van der Waals surface area contributed by atoms with E-state index in [4.69, 9.17) is 21.1 Å². The van der Waals surface area contributed by atoms with Gasteiger partial charge in [-0.05, 0) is 38.9 Å². The summed E-state index contributed by atoms with van der Waals surface area (Å²) in [6, 6.07) is 4.49. The zero-order valence-electron chi connectivity index (χ0n) is 11.4. The second kappa shape index (κ2) is 9.13. The first kappa shape index (κ1) is 16.2. The van der Waals surface area contributed by atoms with Crippen LogP contribution in [0, 0.1) is 5.82 Å². The molecular formula is C14H21ClFNO2. The molecule has 0 unspecified atom stereocenters. The SMILES string of the molecule is CC(C)OCCCNCCOc1c(F)cccc1Cl. The molecule has 5 heteroatoms. The summed E-state index contributed by atoms with van der Waals surface area (Å²) in [5.74, 6) is -0.313. The Balaban J connectivity index is 2.08. The van der Waals surface area contributed by atoms with Gasteiger partial charge in [0.15, 0.2) is 11.6 Å². The molecule has 1 rings (SSSR count). The fourth-order valence-corrected chi connectivity index (χ4v) is 1.70. The van der Waals surface area contributed by atoms with Gasteiger partial charge in [0.2, 0.25) is 0 Å². The highest BCUT2D eigenvalue weighted by Gasteiger charge is 2.07. The van der Waals surface area contributed by atoms with Gasteiger partial charge in [-0.1, -0.05) is 17.7 Å². The summed E-state index contributed by atoms with van der Waals surface area (Å²) in [5.41, 5.74) is 0. The smallest absolute Gasteiger partial charge is 0.173 e. The molecule has 0 heterocycles. The molecule has 3 nitrogen and oxygen atoms in total. The van der Waals surface area contributed by atoms with Crippen LogP contribution < -0.4 is 10.1 Å². The average Bonchev–Trinajstić information content (AvgIpc) is 2.35. The topological polar surface area (TPSA) is 30.5 Å². The van der Waals surface area contributed by atoms with Gasteiger partial charge in [-0.2, -0.15) is 0 Å². The van der Waals surface area contributed by atoms with Crippen LogP contribution in [0.4, 0.5) is 4.39 Å². The predicted octanol–water partition coefficient (Wildman–Crippen LogP) is 3.26. The number of ether oxygens (including phenoxy) is 2. The zero-order chi connectivity index (χ0) is 14.1. The van der Waals surface area contributed by atoms with E-state index in [-0.39, 0.29) is 11.9 Å². The van der Waals surface area contributed by atoms with Crippen LogP contribution in [0.1, 0.15) is 20.3 Å². The predicted molar refractivity (Wildman–Crippen MR) is 75.5 cm³/mol. The molecule has 1 N–H and O–H groups in total. The normalized spacial score (nSPS) is 11.0. The van der Waals surface area contributed by atoms with Crippen LogP contribution >= 0.6 is 11.6 Å². The van der Waals surface area contributed by atoms with E-state index >= 15 is 0 Å². The molecule has 0 amide bonds. The van der Waals surface area contributed by atoms with E-state index in [1.165, 1.54) is 6.07 Å². The van der Waals surface area contributed by atoms with Gasteiger partial charge in [0, 0.05) is 13.2 Å². The lowest BCUT2D eigenvalue weighted by molar-refractivity contribution is 0.0769. The van der Waals surface area contributed by atoms with Gasteiger partial charge < -0.3 is 14.8 Å². The molecule has 0 spiro atoms. The third kappa shape index (κ3) is 6.76.